The zero-order valence-corrected chi connectivity index (χ0v) is 12.9. The molecule has 1 unspecified atom stereocenters. The van der Waals surface area contributed by atoms with E-state index < -0.39 is 0 Å². The molecule has 2 aliphatic rings. The number of rotatable bonds is 6. The van der Waals surface area contributed by atoms with Crippen molar-refractivity contribution in [3.05, 3.63) is 17.5 Å². The maximum Gasteiger partial charge on any atom is 0.0597 e. The molecule has 1 aromatic heterocycles. The molecule has 3 rings (SSSR count). The maximum absolute atomic E-state index is 4.58. The van der Waals surface area contributed by atoms with Gasteiger partial charge in [0, 0.05) is 31.7 Å². The Balaban J connectivity index is 1.64. The number of piperidine rings is 1. The van der Waals surface area contributed by atoms with Gasteiger partial charge in [0.05, 0.1) is 11.4 Å². The number of nitrogens with zero attached hydrogens (tertiary/aromatic N) is 3. The van der Waals surface area contributed by atoms with Crippen molar-refractivity contribution in [3.8, 4) is 0 Å². The van der Waals surface area contributed by atoms with Gasteiger partial charge in [0.15, 0.2) is 0 Å². The first-order chi connectivity index (χ1) is 9.76. The standard InChI is InChI=1S/C16H28N4/c1-3-20-16(10-13(2)18-20)12-19(15-7-8-15)11-14-6-4-5-9-17-14/h10,14-15,17H,3-9,11-12H2,1-2H3. The van der Waals surface area contributed by atoms with Gasteiger partial charge in [-0.15, -0.1) is 0 Å². The fourth-order valence-corrected chi connectivity index (χ4v) is 3.35. The highest BCUT2D eigenvalue weighted by Gasteiger charge is 2.31. The average Bonchev–Trinajstić information content (AvgIpc) is 3.24. The molecule has 0 radical (unpaired) electrons. The molecule has 112 valence electrons. The molecule has 4 heteroatoms. The fraction of sp³-hybridized carbons (Fsp3) is 0.812. The van der Waals surface area contributed by atoms with Gasteiger partial charge >= 0.3 is 0 Å². The second-order valence-corrected chi connectivity index (χ2v) is 6.40. The minimum Gasteiger partial charge on any atom is -0.313 e. The van der Waals surface area contributed by atoms with Crippen LogP contribution in [0.5, 0.6) is 0 Å². The van der Waals surface area contributed by atoms with Crippen molar-refractivity contribution in [3.63, 3.8) is 0 Å². The topological polar surface area (TPSA) is 33.1 Å². The number of aromatic nitrogens is 2. The summed E-state index contributed by atoms with van der Waals surface area (Å²) >= 11 is 0. The highest BCUT2D eigenvalue weighted by molar-refractivity contribution is 5.09. The van der Waals surface area contributed by atoms with E-state index in [0.717, 1.165) is 24.8 Å². The van der Waals surface area contributed by atoms with E-state index >= 15 is 0 Å². The van der Waals surface area contributed by atoms with Gasteiger partial charge in [-0.3, -0.25) is 9.58 Å². The van der Waals surface area contributed by atoms with Gasteiger partial charge in [-0.25, -0.2) is 0 Å². The van der Waals surface area contributed by atoms with Crippen LogP contribution < -0.4 is 5.32 Å². The predicted octanol–water partition coefficient (Wildman–Crippen LogP) is 2.32. The highest BCUT2D eigenvalue weighted by Crippen LogP contribution is 2.29. The van der Waals surface area contributed by atoms with Gasteiger partial charge in [0.25, 0.3) is 0 Å². The molecule has 1 saturated heterocycles. The molecule has 1 aromatic rings. The van der Waals surface area contributed by atoms with Crippen molar-refractivity contribution >= 4 is 0 Å². The van der Waals surface area contributed by atoms with E-state index in [1.807, 2.05) is 0 Å². The van der Waals surface area contributed by atoms with Gasteiger partial charge in [0.2, 0.25) is 0 Å². The Morgan fingerprint density at radius 2 is 2.20 bits per heavy atom. The molecule has 2 fully saturated rings. The second-order valence-electron chi connectivity index (χ2n) is 6.40. The summed E-state index contributed by atoms with van der Waals surface area (Å²) in [7, 11) is 0. The third kappa shape index (κ3) is 3.41. The van der Waals surface area contributed by atoms with Crippen molar-refractivity contribution in [2.24, 2.45) is 0 Å². The molecule has 0 amide bonds. The van der Waals surface area contributed by atoms with E-state index in [1.165, 1.54) is 50.9 Å². The quantitative estimate of drug-likeness (QED) is 0.865. The molecule has 2 heterocycles. The Hall–Kier alpha value is -0.870. The van der Waals surface area contributed by atoms with E-state index in [0.29, 0.717) is 6.04 Å². The number of hydrogen-bond acceptors (Lipinski definition) is 3. The van der Waals surface area contributed by atoms with Crippen molar-refractivity contribution in [1.82, 2.24) is 20.0 Å². The normalized spacial score (nSPS) is 23.4. The monoisotopic (exact) mass is 276 g/mol. The molecule has 20 heavy (non-hydrogen) atoms. The zero-order valence-electron chi connectivity index (χ0n) is 12.9. The molecule has 1 aliphatic heterocycles. The zero-order chi connectivity index (χ0) is 13.9. The minimum atomic E-state index is 0.698. The van der Waals surface area contributed by atoms with E-state index in [1.54, 1.807) is 0 Å². The summed E-state index contributed by atoms with van der Waals surface area (Å²) < 4.78 is 2.17. The maximum atomic E-state index is 4.58. The van der Waals surface area contributed by atoms with Crippen LogP contribution in [-0.2, 0) is 13.1 Å². The minimum absolute atomic E-state index is 0.698. The van der Waals surface area contributed by atoms with Crippen LogP contribution in [0.3, 0.4) is 0 Å². The molecule has 1 N–H and O–H groups in total. The van der Waals surface area contributed by atoms with Crippen LogP contribution in [0.25, 0.3) is 0 Å². The molecule has 1 atom stereocenters. The van der Waals surface area contributed by atoms with Crippen LogP contribution >= 0.6 is 0 Å². The van der Waals surface area contributed by atoms with Gasteiger partial charge in [-0.1, -0.05) is 6.42 Å². The van der Waals surface area contributed by atoms with Crippen LogP contribution in [0.1, 0.15) is 50.4 Å². The van der Waals surface area contributed by atoms with Crippen molar-refractivity contribution < 1.29 is 0 Å². The van der Waals surface area contributed by atoms with Gasteiger partial charge in [-0.2, -0.15) is 5.10 Å². The fourth-order valence-electron chi connectivity index (χ4n) is 3.35. The van der Waals surface area contributed by atoms with E-state index in [4.69, 9.17) is 0 Å². The van der Waals surface area contributed by atoms with Crippen LogP contribution in [0, 0.1) is 6.92 Å². The van der Waals surface area contributed by atoms with Gasteiger partial charge in [-0.05, 0) is 52.1 Å². The SMILES string of the molecule is CCn1nc(C)cc1CN(CC1CCCCN1)C1CC1. The van der Waals surface area contributed by atoms with Crippen LogP contribution in [0.15, 0.2) is 6.07 Å². The lowest BCUT2D eigenvalue weighted by molar-refractivity contribution is 0.203. The summed E-state index contributed by atoms with van der Waals surface area (Å²) in [5.74, 6) is 0. The van der Waals surface area contributed by atoms with E-state index in [9.17, 15) is 0 Å². The smallest absolute Gasteiger partial charge is 0.0597 e. The molecule has 0 aromatic carbocycles. The van der Waals surface area contributed by atoms with E-state index in [2.05, 4.69) is 39.9 Å². The summed E-state index contributed by atoms with van der Waals surface area (Å²) in [6.07, 6.45) is 6.84. The van der Waals surface area contributed by atoms with Gasteiger partial charge < -0.3 is 5.32 Å². The predicted molar refractivity (Wildman–Crippen MR) is 81.7 cm³/mol. The lowest BCUT2D eigenvalue weighted by Crippen LogP contribution is -2.44. The van der Waals surface area contributed by atoms with Crippen molar-refractivity contribution in [1.29, 1.82) is 0 Å². The Morgan fingerprint density at radius 1 is 1.35 bits per heavy atom. The number of aryl methyl sites for hydroxylation is 2. The first kappa shape index (κ1) is 14.1. The summed E-state index contributed by atoms with van der Waals surface area (Å²) in [5.41, 5.74) is 2.53. The summed E-state index contributed by atoms with van der Waals surface area (Å²) in [5, 5.41) is 8.27. The van der Waals surface area contributed by atoms with Crippen LogP contribution in [0.2, 0.25) is 0 Å². The number of nitrogens with one attached hydrogen (secondary N) is 1. The Bertz CT molecular complexity index is 430. The average molecular weight is 276 g/mol. The van der Waals surface area contributed by atoms with E-state index in [-0.39, 0.29) is 0 Å². The molecule has 0 bridgehead atoms. The largest absolute Gasteiger partial charge is 0.313 e. The molecule has 0 spiro atoms. The highest BCUT2D eigenvalue weighted by atomic mass is 15.3. The van der Waals surface area contributed by atoms with Gasteiger partial charge in [0.1, 0.15) is 0 Å². The third-order valence-corrected chi connectivity index (χ3v) is 4.58. The third-order valence-electron chi connectivity index (χ3n) is 4.58. The second kappa shape index (κ2) is 6.27. The summed E-state index contributed by atoms with van der Waals surface area (Å²) in [4.78, 5) is 2.69. The lowest BCUT2D eigenvalue weighted by Gasteiger charge is -2.30. The Morgan fingerprint density at radius 3 is 2.85 bits per heavy atom. The molecule has 4 nitrogen and oxygen atoms in total. The first-order valence-electron chi connectivity index (χ1n) is 8.27. The summed E-state index contributed by atoms with van der Waals surface area (Å²) in [6.45, 7) is 8.73. The Kier molecular flexibility index (Phi) is 4.41. The Labute approximate surface area is 122 Å². The first-order valence-corrected chi connectivity index (χ1v) is 8.27. The van der Waals surface area contributed by atoms with Crippen molar-refractivity contribution in [2.45, 2.75) is 71.1 Å². The number of hydrogen-bond donors (Lipinski definition) is 1. The lowest BCUT2D eigenvalue weighted by atomic mass is 10.0. The molecular formula is C16H28N4. The van der Waals surface area contributed by atoms with Crippen molar-refractivity contribution in [2.75, 3.05) is 13.1 Å². The summed E-state index contributed by atoms with van der Waals surface area (Å²) in [6, 6.07) is 3.77. The van der Waals surface area contributed by atoms with Crippen LogP contribution in [-0.4, -0.2) is 39.9 Å². The molecule has 1 saturated carbocycles. The molecule has 1 aliphatic carbocycles. The van der Waals surface area contributed by atoms with Crippen LogP contribution in [0.4, 0.5) is 0 Å². The molecular weight excluding hydrogens is 248 g/mol.